The van der Waals surface area contributed by atoms with Gasteiger partial charge in [0.05, 0.1) is 4.75 Å². The van der Waals surface area contributed by atoms with E-state index in [0.717, 1.165) is 27.1 Å². The minimum Gasteiger partial charge on any atom is -0.328 e. The summed E-state index contributed by atoms with van der Waals surface area (Å²) in [6, 6.07) is 11.8. The van der Waals surface area contributed by atoms with Crippen molar-refractivity contribution in [2.45, 2.75) is 38.2 Å². The number of benzene rings is 2. The Morgan fingerprint density at radius 2 is 1.76 bits per heavy atom. The molecule has 0 unspecified atom stereocenters. The van der Waals surface area contributed by atoms with Crippen LogP contribution in [0.1, 0.15) is 41.2 Å². The van der Waals surface area contributed by atoms with Gasteiger partial charge in [-0.15, -0.1) is 0 Å². The van der Waals surface area contributed by atoms with Crippen molar-refractivity contribution in [1.29, 1.82) is 0 Å². The quantitative estimate of drug-likeness (QED) is 0.349. The van der Waals surface area contributed by atoms with Gasteiger partial charge in [-0.3, -0.25) is 4.79 Å². The van der Waals surface area contributed by atoms with Gasteiger partial charge in [-0.25, -0.2) is 12.8 Å². The predicted molar refractivity (Wildman–Crippen MR) is 133 cm³/mol. The van der Waals surface area contributed by atoms with Crippen LogP contribution in [0.3, 0.4) is 0 Å². The lowest BCUT2D eigenvalue weighted by Gasteiger charge is -2.33. The Balaban J connectivity index is 2.04. The van der Waals surface area contributed by atoms with Gasteiger partial charge < -0.3 is 9.47 Å². The van der Waals surface area contributed by atoms with Crippen LogP contribution in [0.2, 0.25) is 5.02 Å². The lowest BCUT2D eigenvalue weighted by atomic mass is 9.99. The molecule has 37 heavy (non-hydrogen) atoms. The molecule has 196 valence electrons. The normalized spacial score (nSPS) is 16.7. The molecule has 2 heterocycles. The maximum absolute atomic E-state index is 15.1. The Bertz CT molecular complexity index is 1510. The van der Waals surface area contributed by atoms with Crippen molar-refractivity contribution in [3.63, 3.8) is 0 Å². The third kappa shape index (κ3) is 4.92. The fraction of sp³-hybridized carbons (Fsp3) is 0.269. The van der Waals surface area contributed by atoms with E-state index >= 15 is 4.39 Å². The molecule has 4 rings (SSSR count). The predicted octanol–water partition coefficient (Wildman–Crippen LogP) is 6.44. The summed E-state index contributed by atoms with van der Waals surface area (Å²) in [5, 5.41) is 0.899. The van der Waals surface area contributed by atoms with Crippen LogP contribution in [0, 0.1) is 12.7 Å². The van der Waals surface area contributed by atoms with Crippen LogP contribution in [0.5, 0.6) is 0 Å². The zero-order valence-corrected chi connectivity index (χ0v) is 21.7. The van der Waals surface area contributed by atoms with Crippen molar-refractivity contribution in [3.05, 3.63) is 93.5 Å². The number of aromatic nitrogens is 1. The van der Waals surface area contributed by atoms with Crippen molar-refractivity contribution < 1.29 is 30.8 Å². The Kier molecular flexibility index (Phi) is 6.79. The second kappa shape index (κ2) is 9.33. The summed E-state index contributed by atoms with van der Waals surface area (Å²) in [5.41, 5.74) is -1.82. The average Bonchev–Trinajstić information content (AvgIpc) is 3.07. The first-order valence-electron chi connectivity index (χ1n) is 11.2. The van der Waals surface area contributed by atoms with Crippen LogP contribution in [0.4, 0.5) is 17.6 Å². The summed E-state index contributed by atoms with van der Waals surface area (Å²) in [6.45, 7) is 3.39. The Morgan fingerprint density at radius 1 is 1.11 bits per heavy atom. The molecule has 0 atom stereocenters. The number of halogens is 5. The van der Waals surface area contributed by atoms with Gasteiger partial charge >= 0.3 is 6.18 Å². The number of alkyl halides is 3. The van der Waals surface area contributed by atoms with E-state index in [1.54, 1.807) is 30.3 Å². The van der Waals surface area contributed by atoms with E-state index in [1.165, 1.54) is 32.9 Å². The minimum atomic E-state index is -4.88. The van der Waals surface area contributed by atoms with E-state index in [1.807, 2.05) is 0 Å². The summed E-state index contributed by atoms with van der Waals surface area (Å²) >= 11 is 5.88. The fourth-order valence-electron chi connectivity index (χ4n) is 4.45. The van der Waals surface area contributed by atoms with Crippen LogP contribution in [-0.2, 0) is 22.6 Å². The molecule has 1 aromatic heterocycles. The molecular weight excluding hydrogens is 532 g/mol. The molecule has 0 saturated heterocycles. The second-order valence-electron chi connectivity index (χ2n) is 9.41. The van der Waals surface area contributed by atoms with Gasteiger partial charge in [-0.05, 0) is 50.1 Å². The maximum Gasteiger partial charge on any atom is 0.431 e. The number of carbonyl (C=O) groups excluding carboxylic acids is 1. The second-order valence-corrected chi connectivity index (χ2v) is 12.3. The molecule has 1 amide bonds. The number of carbonyl (C=O) groups is 1. The van der Waals surface area contributed by atoms with Crippen molar-refractivity contribution in [1.82, 2.24) is 9.47 Å². The van der Waals surface area contributed by atoms with E-state index in [2.05, 4.69) is 0 Å². The van der Waals surface area contributed by atoms with Crippen molar-refractivity contribution in [3.8, 4) is 11.1 Å². The zero-order valence-electron chi connectivity index (χ0n) is 20.1. The van der Waals surface area contributed by atoms with Gasteiger partial charge in [0.1, 0.15) is 17.2 Å². The number of rotatable bonds is 4. The fourth-order valence-corrected chi connectivity index (χ4v) is 5.60. The first kappa shape index (κ1) is 26.9. The van der Waals surface area contributed by atoms with Crippen LogP contribution >= 0.6 is 11.6 Å². The molecule has 0 N–H and O–H groups in total. The SMILES string of the molecule is Cc1c(-c2ccc(Cl)cc2F)c(C(=O)N2C=CS(=O)(=O)C(C)(C)C2)n(Cc2ccccc2)c1C(F)(F)F. The largest absolute Gasteiger partial charge is 0.431 e. The van der Waals surface area contributed by atoms with E-state index < -0.39 is 43.9 Å². The van der Waals surface area contributed by atoms with E-state index in [9.17, 15) is 26.4 Å². The average molecular weight is 555 g/mol. The van der Waals surface area contributed by atoms with E-state index in [0.29, 0.717) is 5.56 Å². The molecule has 0 aliphatic carbocycles. The van der Waals surface area contributed by atoms with Gasteiger partial charge in [-0.1, -0.05) is 41.9 Å². The Labute approximate surface area is 216 Å². The molecule has 1 aliphatic rings. The molecule has 5 nitrogen and oxygen atoms in total. The summed E-state index contributed by atoms with van der Waals surface area (Å²) in [4.78, 5) is 15.0. The summed E-state index contributed by atoms with van der Waals surface area (Å²) in [6.07, 6.45) is -3.84. The number of nitrogens with zero attached hydrogens (tertiary/aromatic N) is 2. The van der Waals surface area contributed by atoms with Crippen molar-refractivity contribution in [2.75, 3.05) is 6.54 Å². The van der Waals surface area contributed by atoms with Crippen LogP contribution < -0.4 is 0 Å². The maximum atomic E-state index is 15.1. The lowest BCUT2D eigenvalue weighted by molar-refractivity contribution is -0.143. The molecular formula is C26H23ClF4N2O3S. The topological polar surface area (TPSA) is 59.4 Å². The Morgan fingerprint density at radius 3 is 2.32 bits per heavy atom. The third-order valence-corrected chi connectivity index (χ3v) is 8.75. The number of amides is 1. The van der Waals surface area contributed by atoms with Crippen LogP contribution in [0.25, 0.3) is 11.1 Å². The van der Waals surface area contributed by atoms with E-state index in [4.69, 9.17) is 11.6 Å². The number of hydrogen-bond donors (Lipinski definition) is 0. The summed E-state index contributed by atoms with van der Waals surface area (Å²) in [7, 11) is -3.70. The smallest absolute Gasteiger partial charge is 0.328 e. The van der Waals surface area contributed by atoms with E-state index in [-0.39, 0.29) is 34.8 Å². The standard InChI is InChI=1S/C26H23ClF4N2O3S/c1-16-21(19-10-9-18(27)13-20(19)28)22(24(34)32-11-12-37(35,36)25(2,3)15-32)33(23(16)26(29,30)31)14-17-7-5-4-6-8-17/h4-13H,14-15H2,1-3H3. The first-order valence-corrected chi connectivity index (χ1v) is 13.1. The molecule has 11 heteroatoms. The molecule has 3 aromatic rings. The molecule has 0 saturated carbocycles. The number of hydrogen-bond acceptors (Lipinski definition) is 3. The first-order chi connectivity index (χ1) is 17.1. The molecule has 2 aromatic carbocycles. The molecule has 0 bridgehead atoms. The summed E-state index contributed by atoms with van der Waals surface area (Å²) < 4.78 is 82.8. The molecule has 0 spiro atoms. The highest BCUT2D eigenvalue weighted by atomic mass is 35.5. The Hall–Kier alpha value is -3.11. The van der Waals surface area contributed by atoms with Crippen LogP contribution in [0.15, 0.2) is 60.1 Å². The van der Waals surface area contributed by atoms with Gasteiger partial charge in [-0.2, -0.15) is 13.2 Å². The molecule has 1 aliphatic heterocycles. The van der Waals surface area contributed by atoms with Crippen molar-refractivity contribution in [2.24, 2.45) is 0 Å². The summed E-state index contributed by atoms with van der Waals surface area (Å²) in [5.74, 6) is -1.79. The monoisotopic (exact) mass is 554 g/mol. The third-order valence-electron chi connectivity index (χ3n) is 6.36. The molecule has 0 fully saturated rings. The lowest BCUT2D eigenvalue weighted by Crippen LogP contribution is -2.47. The molecule has 0 radical (unpaired) electrons. The minimum absolute atomic E-state index is 0.0393. The van der Waals surface area contributed by atoms with Gasteiger partial charge in [0.2, 0.25) is 0 Å². The highest BCUT2D eigenvalue weighted by Gasteiger charge is 2.44. The van der Waals surface area contributed by atoms with Gasteiger partial charge in [0.15, 0.2) is 9.84 Å². The highest BCUT2D eigenvalue weighted by molar-refractivity contribution is 7.95. The van der Waals surface area contributed by atoms with Crippen molar-refractivity contribution >= 4 is 27.3 Å². The number of sulfone groups is 1. The van der Waals surface area contributed by atoms with Gasteiger partial charge in [0.25, 0.3) is 5.91 Å². The highest BCUT2D eigenvalue weighted by Crippen LogP contribution is 2.43. The van der Waals surface area contributed by atoms with Crippen LogP contribution in [-0.4, -0.2) is 35.1 Å². The van der Waals surface area contributed by atoms with Gasteiger partial charge in [0, 0.05) is 40.8 Å². The zero-order chi connectivity index (χ0) is 27.3.